The van der Waals surface area contributed by atoms with Crippen LogP contribution < -0.4 is 5.32 Å². The molecule has 0 amide bonds. The molecule has 0 fully saturated rings. The summed E-state index contributed by atoms with van der Waals surface area (Å²) in [5.74, 6) is 0. The molecule has 5 heteroatoms. The number of rotatable bonds is 3. The number of nitrogens with one attached hydrogen (secondary N) is 1. The predicted octanol–water partition coefficient (Wildman–Crippen LogP) is 2.52. The standard InChI is InChI=1S/C7H7N3O2/c1-8-7-5(9-11)3-2-4-6(7)10-12/h2-4,8H,1H3. The molecule has 0 aromatic heterocycles. The van der Waals surface area contributed by atoms with Gasteiger partial charge in [-0.1, -0.05) is 6.07 Å². The van der Waals surface area contributed by atoms with Crippen LogP contribution in [0.15, 0.2) is 28.6 Å². The van der Waals surface area contributed by atoms with Gasteiger partial charge in [-0.15, -0.1) is 9.81 Å². The first-order valence-corrected chi connectivity index (χ1v) is 3.31. The summed E-state index contributed by atoms with van der Waals surface area (Å²) >= 11 is 0. The molecule has 1 aromatic rings. The fourth-order valence-electron chi connectivity index (χ4n) is 0.937. The van der Waals surface area contributed by atoms with Gasteiger partial charge in [0.1, 0.15) is 11.4 Å². The maximum atomic E-state index is 10.2. The molecule has 0 atom stereocenters. The molecule has 0 heterocycles. The largest absolute Gasteiger partial charge is 0.384 e. The Morgan fingerprint density at radius 3 is 2.00 bits per heavy atom. The Morgan fingerprint density at radius 2 is 1.67 bits per heavy atom. The highest BCUT2D eigenvalue weighted by Gasteiger charge is 2.06. The second-order valence-electron chi connectivity index (χ2n) is 2.10. The molecular formula is C7H7N3O2. The van der Waals surface area contributed by atoms with E-state index in [4.69, 9.17) is 0 Å². The highest BCUT2D eigenvalue weighted by atomic mass is 16.3. The summed E-state index contributed by atoms with van der Waals surface area (Å²) in [5, 5.41) is 8.16. The van der Waals surface area contributed by atoms with Gasteiger partial charge >= 0.3 is 0 Å². The average Bonchev–Trinajstić information content (AvgIpc) is 2.16. The predicted molar refractivity (Wildman–Crippen MR) is 46.9 cm³/mol. The van der Waals surface area contributed by atoms with E-state index in [1.165, 1.54) is 12.1 Å². The SMILES string of the molecule is CNc1c(N=O)cccc1N=O. The molecule has 0 saturated heterocycles. The van der Waals surface area contributed by atoms with E-state index >= 15 is 0 Å². The highest BCUT2D eigenvalue weighted by Crippen LogP contribution is 2.33. The zero-order valence-corrected chi connectivity index (χ0v) is 6.44. The molecule has 5 nitrogen and oxygen atoms in total. The summed E-state index contributed by atoms with van der Waals surface area (Å²) in [7, 11) is 1.60. The fraction of sp³-hybridized carbons (Fsp3) is 0.143. The van der Waals surface area contributed by atoms with Crippen molar-refractivity contribution in [3.8, 4) is 0 Å². The van der Waals surface area contributed by atoms with E-state index < -0.39 is 0 Å². The lowest BCUT2D eigenvalue weighted by Gasteiger charge is -2.02. The maximum Gasteiger partial charge on any atom is 0.133 e. The lowest BCUT2D eigenvalue weighted by molar-refractivity contribution is 1.39. The summed E-state index contributed by atoms with van der Waals surface area (Å²) in [6, 6.07) is 4.56. The first kappa shape index (κ1) is 8.32. The number of nitrogens with zero attached hydrogens (tertiary/aromatic N) is 2. The third-order valence-corrected chi connectivity index (χ3v) is 1.47. The van der Waals surface area contributed by atoms with Crippen molar-refractivity contribution in [2.75, 3.05) is 12.4 Å². The molecule has 62 valence electrons. The second-order valence-corrected chi connectivity index (χ2v) is 2.10. The molecule has 0 radical (unpaired) electrons. The number of anilines is 1. The summed E-state index contributed by atoms with van der Waals surface area (Å²) in [6.07, 6.45) is 0. The molecule has 0 aliphatic rings. The van der Waals surface area contributed by atoms with Crippen molar-refractivity contribution in [1.82, 2.24) is 0 Å². The molecule has 12 heavy (non-hydrogen) atoms. The Morgan fingerprint density at radius 1 is 1.17 bits per heavy atom. The Balaban J connectivity index is 3.30. The van der Waals surface area contributed by atoms with Crippen LogP contribution in [0.4, 0.5) is 17.1 Å². The Kier molecular flexibility index (Phi) is 2.47. The first-order chi connectivity index (χ1) is 5.83. The van der Waals surface area contributed by atoms with Crippen LogP contribution in [0.25, 0.3) is 0 Å². The number of para-hydroxylation sites is 1. The zero-order chi connectivity index (χ0) is 8.97. The van der Waals surface area contributed by atoms with Crippen LogP contribution in [-0.2, 0) is 0 Å². The van der Waals surface area contributed by atoms with Gasteiger partial charge in [0, 0.05) is 7.05 Å². The Bertz CT molecular complexity index is 285. The van der Waals surface area contributed by atoms with E-state index in [1.54, 1.807) is 13.1 Å². The van der Waals surface area contributed by atoms with Gasteiger partial charge in [-0.3, -0.25) is 0 Å². The molecule has 0 bridgehead atoms. The molecule has 0 aliphatic heterocycles. The van der Waals surface area contributed by atoms with E-state index in [-0.39, 0.29) is 11.4 Å². The average molecular weight is 165 g/mol. The molecule has 1 aromatic carbocycles. The van der Waals surface area contributed by atoms with E-state index in [0.717, 1.165) is 0 Å². The van der Waals surface area contributed by atoms with Crippen LogP contribution in [0.5, 0.6) is 0 Å². The van der Waals surface area contributed by atoms with Crippen LogP contribution in [0.2, 0.25) is 0 Å². The van der Waals surface area contributed by atoms with Crippen molar-refractivity contribution in [1.29, 1.82) is 0 Å². The van der Waals surface area contributed by atoms with Crippen molar-refractivity contribution >= 4 is 17.1 Å². The lowest BCUT2D eigenvalue weighted by atomic mass is 10.2. The van der Waals surface area contributed by atoms with Gasteiger partial charge in [0.05, 0.1) is 5.69 Å². The zero-order valence-electron chi connectivity index (χ0n) is 6.44. The van der Waals surface area contributed by atoms with Crippen LogP contribution in [0.1, 0.15) is 0 Å². The van der Waals surface area contributed by atoms with Gasteiger partial charge in [0.15, 0.2) is 0 Å². The van der Waals surface area contributed by atoms with Gasteiger partial charge in [-0.05, 0) is 22.5 Å². The minimum atomic E-state index is 0.189. The highest BCUT2D eigenvalue weighted by molar-refractivity contribution is 5.78. The number of benzene rings is 1. The number of hydrogen-bond acceptors (Lipinski definition) is 5. The van der Waals surface area contributed by atoms with Crippen molar-refractivity contribution in [3.05, 3.63) is 28.0 Å². The van der Waals surface area contributed by atoms with Crippen molar-refractivity contribution < 1.29 is 0 Å². The van der Waals surface area contributed by atoms with Crippen molar-refractivity contribution in [2.45, 2.75) is 0 Å². The monoisotopic (exact) mass is 165 g/mol. The first-order valence-electron chi connectivity index (χ1n) is 3.31. The molecule has 0 spiro atoms. The van der Waals surface area contributed by atoms with Crippen LogP contribution in [-0.4, -0.2) is 7.05 Å². The molecular weight excluding hydrogens is 158 g/mol. The van der Waals surface area contributed by atoms with Gasteiger partial charge in [0.25, 0.3) is 0 Å². The fourth-order valence-corrected chi connectivity index (χ4v) is 0.937. The minimum Gasteiger partial charge on any atom is -0.384 e. The number of nitroso groups, excluding NO2 is 2. The normalized spacial score (nSPS) is 9.08. The Labute approximate surface area is 68.7 Å². The quantitative estimate of drug-likeness (QED) is 0.699. The van der Waals surface area contributed by atoms with Crippen LogP contribution in [0, 0.1) is 9.81 Å². The molecule has 0 unspecified atom stereocenters. The molecule has 1 N–H and O–H groups in total. The minimum absolute atomic E-state index is 0.189. The van der Waals surface area contributed by atoms with E-state index in [0.29, 0.717) is 5.69 Å². The maximum absolute atomic E-state index is 10.2. The van der Waals surface area contributed by atoms with Crippen LogP contribution >= 0.6 is 0 Å². The Hall–Kier alpha value is -1.78. The lowest BCUT2D eigenvalue weighted by Crippen LogP contribution is -1.88. The summed E-state index contributed by atoms with van der Waals surface area (Å²) in [6.45, 7) is 0. The third-order valence-electron chi connectivity index (χ3n) is 1.47. The smallest absolute Gasteiger partial charge is 0.133 e. The van der Waals surface area contributed by atoms with Crippen LogP contribution in [0.3, 0.4) is 0 Å². The summed E-state index contributed by atoms with van der Waals surface area (Å²) in [5.41, 5.74) is 0.742. The third kappa shape index (κ3) is 1.29. The summed E-state index contributed by atoms with van der Waals surface area (Å²) < 4.78 is 0. The van der Waals surface area contributed by atoms with E-state index in [1.807, 2.05) is 0 Å². The topological polar surface area (TPSA) is 70.9 Å². The van der Waals surface area contributed by atoms with Gasteiger partial charge in [-0.2, -0.15) is 0 Å². The van der Waals surface area contributed by atoms with Gasteiger partial charge < -0.3 is 5.32 Å². The molecule has 0 saturated carbocycles. The van der Waals surface area contributed by atoms with Gasteiger partial charge in [0.2, 0.25) is 0 Å². The van der Waals surface area contributed by atoms with E-state index in [9.17, 15) is 9.81 Å². The van der Waals surface area contributed by atoms with Crippen molar-refractivity contribution in [2.24, 2.45) is 10.4 Å². The van der Waals surface area contributed by atoms with Gasteiger partial charge in [-0.25, -0.2) is 0 Å². The van der Waals surface area contributed by atoms with E-state index in [2.05, 4.69) is 15.7 Å². The second kappa shape index (κ2) is 3.56. The molecule has 1 rings (SSSR count). The molecule has 0 aliphatic carbocycles. The van der Waals surface area contributed by atoms with Crippen molar-refractivity contribution in [3.63, 3.8) is 0 Å². The summed E-state index contributed by atoms with van der Waals surface area (Å²) in [4.78, 5) is 20.4. The number of hydrogen-bond donors (Lipinski definition) is 1.